The molecule has 0 spiro atoms. The lowest BCUT2D eigenvalue weighted by Gasteiger charge is -2.24. The number of ether oxygens (including phenoxy) is 2. The molecule has 0 aliphatic carbocycles. The fourth-order valence-electron chi connectivity index (χ4n) is 1.75. The summed E-state index contributed by atoms with van der Waals surface area (Å²) in [7, 11) is 0. The van der Waals surface area contributed by atoms with Gasteiger partial charge in [-0.2, -0.15) is 0 Å². The average Bonchev–Trinajstić information content (AvgIpc) is 2.54. The zero-order valence-electron chi connectivity index (χ0n) is 13.5. The van der Waals surface area contributed by atoms with E-state index in [4.69, 9.17) is 9.47 Å². The van der Waals surface area contributed by atoms with Gasteiger partial charge in [0.25, 0.3) is 0 Å². The second-order valence-corrected chi connectivity index (χ2v) is 8.25. The highest BCUT2D eigenvalue weighted by atomic mass is 32.2. The molecule has 2 atom stereocenters. The second-order valence-electron chi connectivity index (χ2n) is 7.07. The van der Waals surface area contributed by atoms with Crippen molar-refractivity contribution in [2.45, 2.75) is 64.1 Å². The van der Waals surface area contributed by atoms with Crippen LogP contribution in [0.5, 0.6) is 0 Å². The van der Waals surface area contributed by atoms with Crippen molar-refractivity contribution in [2.75, 3.05) is 13.1 Å². The first-order valence-electron chi connectivity index (χ1n) is 6.93. The summed E-state index contributed by atoms with van der Waals surface area (Å²) < 4.78 is 10.5. The highest BCUT2D eigenvalue weighted by Crippen LogP contribution is 2.27. The Labute approximate surface area is 130 Å². The maximum Gasteiger partial charge on any atom is 0.410 e. The zero-order chi connectivity index (χ0) is 16.4. The lowest BCUT2D eigenvalue weighted by molar-refractivity contribution is 0.0270. The van der Waals surface area contributed by atoms with Crippen LogP contribution in [0.4, 0.5) is 9.59 Å². The van der Waals surface area contributed by atoms with Gasteiger partial charge in [0.1, 0.15) is 11.2 Å². The first kappa shape index (κ1) is 18.1. The number of nitrogens with zero attached hydrogens (tertiary/aromatic N) is 1. The number of aliphatic hydroxyl groups is 1. The Morgan fingerprint density at radius 2 is 1.57 bits per heavy atom. The summed E-state index contributed by atoms with van der Waals surface area (Å²) in [5.74, 6) is 0. The summed E-state index contributed by atoms with van der Waals surface area (Å²) in [5.41, 5.74) is -1.16. The molecule has 21 heavy (non-hydrogen) atoms. The molecule has 1 aliphatic rings. The molecule has 0 saturated carbocycles. The van der Waals surface area contributed by atoms with Crippen LogP contribution in [-0.4, -0.2) is 57.0 Å². The molecule has 1 fully saturated rings. The zero-order valence-corrected chi connectivity index (χ0v) is 14.3. The fraction of sp³-hybridized carbons (Fsp3) is 0.857. The third-order valence-electron chi connectivity index (χ3n) is 2.53. The molecule has 7 heteroatoms. The SMILES string of the molecule is CC(C)(C)OC(=O)S[C@H]1CN(C(=O)OC(C)(C)C)C[C@@H]1O. The first-order valence-corrected chi connectivity index (χ1v) is 7.81. The number of rotatable bonds is 1. The molecule has 0 aromatic heterocycles. The predicted octanol–water partition coefficient (Wildman–Crippen LogP) is 2.63. The van der Waals surface area contributed by atoms with Crippen LogP contribution in [0, 0.1) is 0 Å². The number of amides is 1. The molecule has 1 heterocycles. The minimum absolute atomic E-state index is 0.162. The van der Waals surface area contributed by atoms with Crippen LogP contribution in [0.25, 0.3) is 0 Å². The minimum Gasteiger partial charge on any atom is -0.452 e. The Bertz CT molecular complexity index is 399. The number of carbonyl (C=O) groups is 2. The summed E-state index contributed by atoms with van der Waals surface area (Å²) >= 11 is 0.921. The Morgan fingerprint density at radius 3 is 2.05 bits per heavy atom. The van der Waals surface area contributed by atoms with Gasteiger partial charge in [-0.3, -0.25) is 0 Å². The Kier molecular flexibility index (Phi) is 5.55. The molecule has 0 unspecified atom stereocenters. The van der Waals surface area contributed by atoms with Gasteiger partial charge in [0.15, 0.2) is 0 Å². The number of hydrogen-bond acceptors (Lipinski definition) is 6. The third-order valence-corrected chi connectivity index (χ3v) is 3.57. The van der Waals surface area contributed by atoms with E-state index in [-0.39, 0.29) is 13.1 Å². The van der Waals surface area contributed by atoms with Crippen molar-refractivity contribution in [1.82, 2.24) is 4.90 Å². The Hall–Kier alpha value is -0.950. The number of thioether (sulfide) groups is 1. The second kappa shape index (κ2) is 6.44. The number of aliphatic hydroxyl groups excluding tert-OH is 1. The van der Waals surface area contributed by atoms with E-state index in [0.717, 1.165) is 11.8 Å². The number of β-amino-alcohol motifs (C(OH)–C–C–N with tert-alkyl or cyclic N) is 1. The van der Waals surface area contributed by atoms with E-state index in [1.54, 1.807) is 41.5 Å². The smallest absolute Gasteiger partial charge is 0.410 e. The van der Waals surface area contributed by atoms with Gasteiger partial charge >= 0.3 is 11.4 Å². The van der Waals surface area contributed by atoms with Crippen LogP contribution in [0.15, 0.2) is 0 Å². The molecule has 0 aromatic rings. The molecule has 1 aliphatic heterocycles. The van der Waals surface area contributed by atoms with Gasteiger partial charge in [0.2, 0.25) is 0 Å². The van der Waals surface area contributed by atoms with Crippen LogP contribution < -0.4 is 0 Å². The standard InChI is InChI=1S/C14H25NO5S/c1-13(2,3)19-11(17)15-7-9(16)10(8-15)21-12(18)20-14(4,5)6/h9-10,16H,7-8H2,1-6H3/t9-,10-/m0/s1. The molecule has 1 saturated heterocycles. The number of carbonyl (C=O) groups excluding carboxylic acids is 2. The van der Waals surface area contributed by atoms with Crippen molar-refractivity contribution in [3.05, 3.63) is 0 Å². The summed E-state index contributed by atoms with van der Waals surface area (Å²) in [6, 6.07) is 0. The van der Waals surface area contributed by atoms with E-state index in [1.807, 2.05) is 0 Å². The van der Waals surface area contributed by atoms with E-state index in [1.165, 1.54) is 4.90 Å². The molecule has 0 bridgehead atoms. The predicted molar refractivity (Wildman–Crippen MR) is 81.4 cm³/mol. The van der Waals surface area contributed by atoms with Gasteiger partial charge in [-0.05, 0) is 53.3 Å². The van der Waals surface area contributed by atoms with Crippen LogP contribution in [0.3, 0.4) is 0 Å². The largest absolute Gasteiger partial charge is 0.452 e. The van der Waals surface area contributed by atoms with Crippen molar-refractivity contribution in [1.29, 1.82) is 0 Å². The van der Waals surface area contributed by atoms with Crippen LogP contribution in [0.1, 0.15) is 41.5 Å². The maximum absolute atomic E-state index is 11.9. The Morgan fingerprint density at radius 1 is 1.05 bits per heavy atom. The van der Waals surface area contributed by atoms with Gasteiger partial charge in [-0.15, -0.1) is 0 Å². The topological polar surface area (TPSA) is 76.1 Å². The number of likely N-dealkylation sites (tertiary alicyclic amines) is 1. The van der Waals surface area contributed by atoms with Crippen LogP contribution in [-0.2, 0) is 9.47 Å². The van der Waals surface area contributed by atoms with Gasteiger partial charge in [-0.25, -0.2) is 9.59 Å². The lowest BCUT2D eigenvalue weighted by Crippen LogP contribution is -2.36. The van der Waals surface area contributed by atoms with Crippen molar-refractivity contribution in [3.8, 4) is 0 Å². The summed E-state index contributed by atoms with van der Waals surface area (Å²) in [4.78, 5) is 25.1. The molecule has 1 amide bonds. The first-order chi connectivity index (χ1) is 9.37. The van der Waals surface area contributed by atoms with Crippen LogP contribution >= 0.6 is 11.8 Å². The fourth-order valence-corrected chi connectivity index (χ4v) is 2.79. The quantitative estimate of drug-likeness (QED) is 0.749. The van der Waals surface area contributed by atoms with E-state index in [9.17, 15) is 14.7 Å². The molecule has 1 N–H and O–H groups in total. The molecule has 0 radical (unpaired) electrons. The van der Waals surface area contributed by atoms with E-state index >= 15 is 0 Å². The molecule has 122 valence electrons. The Balaban J connectivity index is 2.53. The van der Waals surface area contributed by atoms with Crippen LogP contribution in [0.2, 0.25) is 0 Å². The van der Waals surface area contributed by atoms with Crippen molar-refractivity contribution < 1.29 is 24.2 Å². The minimum atomic E-state index is -0.768. The molecule has 6 nitrogen and oxygen atoms in total. The highest BCUT2D eigenvalue weighted by Gasteiger charge is 2.38. The number of hydrogen-bond donors (Lipinski definition) is 1. The van der Waals surface area contributed by atoms with Gasteiger partial charge < -0.3 is 19.5 Å². The van der Waals surface area contributed by atoms with E-state index in [2.05, 4.69) is 0 Å². The maximum atomic E-state index is 11.9. The summed E-state index contributed by atoms with van der Waals surface area (Å²) in [6.07, 6.45) is -1.25. The normalized spacial score (nSPS) is 23.1. The van der Waals surface area contributed by atoms with E-state index < -0.39 is 34.0 Å². The van der Waals surface area contributed by atoms with Crippen molar-refractivity contribution in [3.63, 3.8) is 0 Å². The molecular weight excluding hydrogens is 294 g/mol. The molecule has 0 aromatic carbocycles. The van der Waals surface area contributed by atoms with Crippen molar-refractivity contribution >= 4 is 23.2 Å². The molecular formula is C14H25NO5S. The molecule has 1 rings (SSSR count). The third kappa shape index (κ3) is 6.56. The summed E-state index contributed by atoms with van der Waals surface area (Å²) in [5, 5.41) is 9.13. The lowest BCUT2D eigenvalue weighted by atomic mass is 10.2. The van der Waals surface area contributed by atoms with Crippen molar-refractivity contribution in [2.24, 2.45) is 0 Å². The average molecular weight is 319 g/mol. The van der Waals surface area contributed by atoms with E-state index in [0.29, 0.717) is 0 Å². The van der Waals surface area contributed by atoms with Gasteiger partial charge in [0.05, 0.1) is 17.9 Å². The van der Waals surface area contributed by atoms with Gasteiger partial charge in [0, 0.05) is 6.54 Å². The monoisotopic (exact) mass is 319 g/mol. The van der Waals surface area contributed by atoms with Gasteiger partial charge in [-0.1, -0.05) is 0 Å². The highest BCUT2D eigenvalue weighted by molar-refractivity contribution is 8.13. The summed E-state index contributed by atoms with van der Waals surface area (Å²) in [6.45, 7) is 11.1.